The van der Waals surface area contributed by atoms with E-state index in [0.29, 0.717) is 5.92 Å². The lowest BCUT2D eigenvalue weighted by Crippen LogP contribution is -2.05. The fourth-order valence-electron chi connectivity index (χ4n) is 9.11. The second-order valence-corrected chi connectivity index (χ2v) is 13.5. The Hall–Kier alpha value is -5.98. The van der Waals surface area contributed by atoms with Crippen molar-refractivity contribution in [1.29, 1.82) is 0 Å². The molecule has 8 aromatic carbocycles. The summed E-state index contributed by atoms with van der Waals surface area (Å²) in [6.07, 6.45) is 3.58. The molecule has 0 radical (unpaired) electrons. The molecule has 0 nitrogen and oxygen atoms in total. The zero-order valence-corrected chi connectivity index (χ0v) is 26.4. The Labute approximate surface area is 280 Å². The molecule has 0 fully saturated rings. The van der Waals surface area contributed by atoms with Crippen molar-refractivity contribution in [2.24, 2.45) is 0 Å². The molecule has 0 saturated heterocycles. The second kappa shape index (κ2) is 9.77. The highest BCUT2D eigenvalue weighted by Gasteiger charge is 2.41. The van der Waals surface area contributed by atoms with Crippen molar-refractivity contribution in [1.82, 2.24) is 0 Å². The zero-order valence-electron chi connectivity index (χ0n) is 26.4. The second-order valence-electron chi connectivity index (χ2n) is 13.5. The van der Waals surface area contributed by atoms with E-state index in [2.05, 4.69) is 164 Å². The first kappa shape index (κ1) is 26.1. The fraction of sp³-hybridized carbons (Fsp3) is 0.0417. The minimum Gasteiger partial charge on any atom is -0.0750 e. The minimum absolute atomic E-state index is 0.365. The monoisotopic (exact) mass is 606 g/mol. The molecule has 0 heteroatoms. The summed E-state index contributed by atoms with van der Waals surface area (Å²) in [7, 11) is 0. The van der Waals surface area contributed by atoms with Crippen molar-refractivity contribution in [2.45, 2.75) is 12.3 Å². The van der Waals surface area contributed by atoms with Crippen molar-refractivity contribution in [3.8, 4) is 55.6 Å². The lowest BCUT2D eigenvalue weighted by Gasteiger charge is -2.23. The Kier molecular flexibility index (Phi) is 5.32. The first-order chi connectivity index (χ1) is 23.8. The van der Waals surface area contributed by atoms with Gasteiger partial charge >= 0.3 is 0 Å². The van der Waals surface area contributed by atoms with Crippen LogP contribution >= 0.6 is 0 Å². The quantitative estimate of drug-likeness (QED) is 0.176. The number of rotatable bonds is 3. The number of hydrogen-bond donors (Lipinski definition) is 0. The van der Waals surface area contributed by atoms with Crippen molar-refractivity contribution in [3.05, 3.63) is 186 Å². The summed E-state index contributed by atoms with van der Waals surface area (Å²) in [5.74, 6) is 0.365. The third-order valence-corrected chi connectivity index (χ3v) is 11.1. The maximum Gasteiger partial charge on any atom is 0.0143 e. The smallest absolute Gasteiger partial charge is 0.0143 e. The Balaban J connectivity index is 1.26. The molecule has 0 aromatic heterocycles. The summed E-state index contributed by atoms with van der Waals surface area (Å²) < 4.78 is 0. The normalized spacial score (nSPS) is 14.9. The van der Waals surface area contributed by atoms with Gasteiger partial charge in [-0.05, 0) is 130 Å². The molecule has 11 rings (SSSR count). The van der Waals surface area contributed by atoms with Gasteiger partial charge in [-0.25, -0.2) is 0 Å². The van der Waals surface area contributed by atoms with Gasteiger partial charge in [-0.15, -0.1) is 0 Å². The predicted molar refractivity (Wildman–Crippen MR) is 202 cm³/mol. The summed E-state index contributed by atoms with van der Waals surface area (Å²) in [6.45, 7) is 0. The molecule has 0 saturated carbocycles. The van der Waals surface area contributed by atoms with E-state index in [0.717, 1.165) is 6.42 Å². The van der Waals surface area contributed by atoms with Crippen LogP contribution in [-0.2, 0) is 0 Å². The molecule has 1 unspecified atom stereocenters. The Bertz CT molecular complexity index is 2660. The average molecular weight is 607 g/mol. The minimum atomic E-state index is 0.365. The van der Waals surface area contributed by atoms with Crippen LogP contribution in [0.3, 0.4) is 0 Å². The maximum atomic E-state index is 2.57. The summed E-state index contributed by atoms with van der Waals surface area (Å²) in [5, 5.41) is 5.19. The SMILES string of the molecule is C1=C2c3c(ccc4c3C(C1)c1cc(-c3ccccc3)ccc1-4)-c1c2c(-c2ccccc2)c2cc3ccccc3cc2c1-c1ccccc1. The fourth-order valence-corrected chi connectivity index (χ4v) is 9.11. The molecule has 0 bridgehead atoms. The standard InChI is InChI=1S/C48H30/c1-4-12-29(13-5-1)34-20-21-35-36-22-24-38-46-39(25-23-37(45(36)46)40(35)26-34)48-44(31-16-8-3-9-17-31)42-28-33-19-11-10-18-32(33)27-41(42)43(47(38)48)30-14-6-2-7-15-30/h1-22,24-28,37H,23H2. The number of allylic oxidation sites excluding steroid dienone is 1. The van der Waals surface area contributed by atoms with Gasteiger partial charge in [0.1, 0.15) is 0 Å². The van der Waals surface area contributed by atoms with Gasteiger partial charge in [0.05, 0.1) is 0 Å². The molecule has 222 valence electrons. The van der Waals surface area contributed by atoms with Crippen LogP contribution < -0.4 is 0 Å². The van der Waals surface area contributed by atoms with Crippen LogP contribution in [0, 0.1) is 0 Å². The molecular weight excluding hydrogens is 577 g/mol. The summed E-state index contributed by atoms with van der Waals surface area (Å²) in [5.41, 5.74) is 20.6. The third kappa shape index (κ3) is 3.50. The van der Waals surface area contributed by atoms with Crippen LogP contribution in [0.5, 0.6) is 0 Å². The molecule has 0 aliphatic heterocycles. The largest absolute Gasteiger partial charge is 0.0750 e. The van der Waals surface area contributed by atoms with Gasteiger partial charge in [0.15, 0.2) is 0 Å². The van der Waals surface area contributed by atoms with Crippen molar-refractivity contribution in [3.63, 3.8) is 0 Å². The molecule has 3 aliphatic carbocycles. The van der Waals surface area contributed by atoms with E-state index < -0.39 is 0 Å². The first-order valence-electron chi connectivity index (χ1n) is 17.0. The topological polar surface area (TPSA) is 0 Å². The Morgan fingerprint density at radius 3 is 1.56 bits per heavy atom. The molecule has 0 N–H and O–H groups in total. The van der Waals surface area contributed by atoms with E-state index in [1.54, 1.807) is 0 Å². The van der Waals surface area contributed by atoms with Gasteiger partial charge < -0.3 is 0 Å². The van der Waals surface area contributed by atoms with Gasteiger partial charge in [-0.1, -0.05) is 146 Å². The molecule has 1 atom stereocenters. The van der Waals surface area contributed by atoms with Crippen molar-refractivity contribution < 1.29 is 0 Å². The first-order valence-corrected chi connectivity index (χ1v) is 17.0. The van der Waals surface area contributed by atoms with E-state index >= 15 is 0 Å². The molecule has 0 spiro atoms. The van der Waals surface area contributed by atoms with Crippen LogP contribution in [0.2, 0.25) is 0 Å². The zero-order chi connectivity index (χ0) is 31.3. The van der Waals surface area contributed by atoms with Gasteiger partial charge in [0.25, 0.3) is 0 Å². The maximum absolute atomic E-state index is 2.57. The van der Waals surface area contributed by atoms with E-state index in [1.807, 2.05) is 0 Å². The highest BCUT2D eigenvalue weighted by molar-refractivity contribution is 6.24. The van der Waals surface area contributed by atoms with Gasteiger partial charge in [0, 0.05) is 5.92 Å². The number of hydrogen-bond acceptors (Lipinski definition) is 0. The summed E-state index contributed by atoms with van der Waals surface area (Å²) >= 11 is 0. The van der Waals surface area contributed by atoms with Crippen LogP contribution in [0.4, 0.5) is 0 Å². The number of fused-ring (bicyclic) bond motifs is 8. The number of benzene rings is 8. The van der Waals surface area contributed by atoms with E-state index in [1.165, 1.54) is 105 Å². The summed E-state index contributed by atoms with van der Waals surface area (Å²) in [6, 6.07) is 58.7. The summed E-state index contributed by atoms with van der Waals surface area (Å²) in [4.78, 5) is 0. The van der Waals surface area contributed by atoms with E-state index in [4.69, 9.17) is 0 Å². The van der Waals surface area contributed by atoms with Gasteiger partial charge in [-0.3, -0.25) is 0 Å². The molecule has 0 amide bonds. The van der Waals surface area contributed by atoms with Crippen molar-refractivity contribution >= 4 is 27.1 Å². The molecule has 3 aliphatic rings. The molecule has 8 aromatic rings. The van der Waals surface area contributed by atoms with E-state index in [9.17, 15) is 0 Å². The van der Waals surface area contributed by atoms with Crippen LogP contribution in [-0.4, -0.2) is 0 Å². The van der Waals surface area contributed by atoms with Crippen LogP contribution in [0.15, 0.2) is 164 Å². The van der Waals surface area contributed by atoms with Gasteiger partial charge in [0.2, 0.25) is 0 Å². The van der Waals surface area contributed by atoms with Crippen molar-refractivity contribution in [2.75, 3.05) is 0 Å². The average Bonchev–Trinajstić information content (AvgIpc) is 3.66. The molecule has 0 heterocycles. The lowest BCUT2D eigenvalue weighted by molar-refractivity contribution is 0.842. The predicted octanol–water partition coefficient (Wildman–Crippen LogP) is 12.9. The van der Waals surface area contributed by atoms with Crippen LogP contribution in [0.25, 0.3) is 82.8 Å². The van der Waals surface area contributed by atoms with Crippen LogP contribution in [0.1, 0.15) is 34.6 Å². The lowest BCUT2D eigenvalue weighted by atomic mass is 9.80. The third-order valence-electron chi connectivity index (χ3n) is 11.1. The Morgan fingerprint density at radius 1 is 0.375 bits per heavy atom. The molecule has 48 heavy (non-hydrogen) atoms. The highest BCUT2D eigenvalue weighted by Crippen LogP contribution is 2.63. The molecular formula is C48H30. The van der Waals surface area contributed by atoms with Gasteiger partial charge in [-0.2, -0.15) is 0 Å². The Morgan fingerprint density at radius 2 is 0.917 bits per heavy atom. The van der Waals surface area contributed by atoms with E-state index in [-0.39, 0.29) is 0 Å². The highest BCUT2D eigenvalue weighted by atomic mass is 14.4.